The molecule has 2 rings (SSSR count). The first kappa shape index (κ1) is 16.7. The van der Waals surface area contributed by atoms with Gasteiger partial charge in [-0.25, -0.2) is 0 Å². The van der Waals surface area contributed by atoms with Gasteiger partial charge in [0.05, 0.1) is 6.42 Å². The summed E-state index contributed by atoms with van der Waals surface area (Å²) in [5.74, 6) is -0.806. The van der Waals surface area contributed by atoms with Gasteiger partial charge in [-0.1, -0.05) is 44.0 Å². The molecule has 2 aromatic carbocycles. The number of hydrogen-bond acceptors (Lipinski definition) is 3. The molecule has 114 valence electrons. The van der Waals surface area contributed by atoms with Gasteiger partial charge >= 0.3 is 5.97 Å². The van der Waals surface area contributed by atoms with Crippen molar-refractivity contribution in [2.75, 3.05) is 11.9 Å². The van der Waals surface area contributed by atoms with Gasteiger partial charge in [0.15, 0.2) is 6.61 Å². The lowest BCUT2D eigenvalue weighted by Gasteiger charge is -2.07. The summed E-state index contributed by atoms with van der Waals surface area (Å²) in [6.07, 6.45) is 0.138. The predicted octanol–water partition coefficient (Wildman–Crippen LogP) is 3.94. The summed E-state index contributed by atoms with van der Waals surface area (Å²) in [5, 5.41) is 2.65. The van der Waals surface area contributed by atoms with Gasteiger partial charge in [-0.15, -0.1) is 0 Å². The van der Waals surface area contributed by atoms with E-state index in [1.807, 2.05) is 36.4 Å². The lowest BCUT2D eigenvalue weighted by molar-refractivity contribution is -0.146. The van der Waals surface area contributed by atoms with Crippen molar-refractivity contribution >= 4 is 49.4 Å². The molecule has 4 nitrogen and oxygen atoms in total. The van der Waals surface area contributed by atoms with Gasteiger partial charge in [-0.3, -0.25) is 9.59 Å². The molecule has 22 heavy (non-hydrogen) atoms. The number of anilines is 1. The Morgan fingerprint density at radius 2 is 1.45 bits per heavy atom. The SMILES string of the molecule is O=C(COC(=O)Cc1ccc(Br)cc1)Nc1ccc(Br)cc1. The Kier molecular flexibility index (Phi) is 6.15. The van der Waals surface area contributed by atoms with Crippen molar-refractivity contribution < 1.29 is 14.3 Å². The monoisotopic (exact) mass is 425 g/mol. The van der Waals surface area contributed by atoms with Crippen LogP contribution < -0.4 is 5.32 Å². The summed E-state index contributed by atoms with van der Waals surface area (Å²) in [7, 11) is 0. The Hall–Kier alpha value is -1.66. The first-order valence-electron chi connectivity index (χ1n) is 6.48. The minimum atomic E-state index is -0.437. The minimum Gasteiger partial charge on any atom is -0.455 e. The highest BCUT2D eigenvalue weighted by Gasteiger charge is 2.09. The summed E-state index contributed by atoms with van der Waals surface area (Å²) >= 11 is 6.64. The molecular weight excluding hydrogens is 414 g/mol. The third-order valence-electron chi connectivity index (χ3n) is 2.75. The summed E-state index contributed by atoms with van der Waals surface area (Å²) in [6.45, 7) is -0.300. The number of nitrogens with one attached hydrogen (secondary N) is 1. The lowest BCUT2D eigenvalue weighted by Crippen LogP contribution is -2.21. The molecule has 0 spiro atoms. The maximum Gasteiger partial charge on any atom is 0.310 e. The summed E-state index contributed by atoms with van der Waals surface area (Å²) in [4.78, 5) is 23.4. The Labute approximate surface area is 145 Å². The van der Waals surface area contributed by atoms with Crippen molar-refractivity contribution in [2.24, 2.45) is 0 Å². The number of rotatable bonds is 5. The van der Waals surface area contributed by atoms with Crippen molar-refractivity contribution in [1.82, 2.24) is 0 Å². The smallest absolute Gasteiger partial charge is 0.310 e. The average Bonchev–Trinajstić information content (AvgIpc) is 2.50. The molecule has 0 bridgehead atoms. The van der Waals surface area contributed by atoms with Crippen LogP contribution in [0.1, 0.15) is 5.56 Å². The lowest BCUT2D eigenvalue weighted by atomic mass is 10.2. The van der Waals surface area contributed by atoms with Crippen LogP contribution in [0.2, 0.25) is 0 Å². The molecular formula is C16H13Br2NO3. The van der Waals surface area contributed by atoms with Crippen LogP contribution in [-0.2, 0) is 20.7 Å². The van der Waals surface area contributed by atoms with E-state index in [9.17, 15) is 9.59 Å². The van der Waals surface area contributed by atoms with Gasteiger partial charge < -0.3 is 10.1 Å². The van der Waals surface area contributed by atoms with Crippen LogP contribution in [0.15, 0.2) is 57.5 Å². The Morgan fingerprint density at radius 1 is 0.909 bits per heavy atom. The minimum absolute atomic E-state index is 0.138. The molecule has 0 radical (unpaired) electrons. The zero-order valence-electron chi connectivity index (χ0n) is 11.5. The fraction of sp³-hybridized carbons (Fsp3) is 0.125. The molecule has 0 aliphatic rings. The second-order valence-corrected chi connectivity index (χ2v) is 6.35. The van der Waals surface area contributed by atoms with E-state index in [1.54, 1.807) is 12.1 Å². The molecule has 0 unspecified atom stereocenters. The van der Waals surface area contributed by atoms with E-state index in [4.69, 9.17) is 4.74 Å². The van der Waals surface area contributed by atoms with Gasteiger partial charge in [0, 0.05) is 14.6 Å². The van der Waals surface area contributed by atoms with Gasteiger partial charge in [0.1, 0.15) is 0 Å². The van der Waals surface area contributed by atoms with E-state index >= 15 is 0 Å². The highest BCUT2D eigenvalue weighted by atomic mass is 79.9. The molecule has 6 heteroatoms. The quantitative estimate of drug-likeness (QED) is 0.736. The number of carbonyl (C=O) groups excluding carboxylic acids is 2. The number of benzene rings is 2. The Bertz CT molecular complexity index is 595. The summed E-state index contributed by atoms with van der Waals surface area (Å²) in [5.41, 5.74) is 1.48. The largest absolute Gasteiger partial charge is 0.455 e. The maximum absolute atomic E-state index is 11.7. The van der Waals surface area contributed by atoms with E-state index in [2.05, 4.69) is 37.2 Å². The average molecular weight is 427 g/mol. The molecule has 0 fully saturated rings. The van der Waals surface area contributed by atoms with Crippen molar-refractivity contribution in [3.63, 3.8) is 0 Å². The van der Waals surface area contributed by atoms with Gasteiger partial charge in [0.25, 0.3) is 5.91 Å². The van der Waals surface area contributed by atoms with E-state index in [0.29, 0.717) is 5.69 Å². The second-order valence-electron chi connectivity index (χ2n) is 4.52. The van der Waals surface area contributed by atoms with Crippen LogP contribution in [0.4, 0.5) is 5.69 Å². The van der Waals surface area contributed by atoms with Crippen LogP contribution in [0, 0.1) is 0 Å². The molecule has 0 atom stereocenters. The molecule has 1 amide bonds. The molecule has 0 aromatic heterocycles. The number of esters is 1. The van der Waals surface area contributed by atoms with Crippen LogP contribution >= 0.6 is 31.9 Å². The summed E-state index contributed by atoms with van der Waals surface area (Å²) < 4.78 is 6.83. The Balaban J connectivity index is 1.76. The highest BCUT2D eigenvalue weighted by Crippen LogP contribution is 2.14. The number of halogens is 2. The van der Waals surface area contributed by atoms with Crippen LogP contribution in [0.25, 0.3) is 0 Å². The van der Waals surface area contributed by atoms with Crippen LogP contribution in [0.5, 0.6) is 0 Å². The van der Waals surface area contributed by atoms with E-state index < -0.39 is 5.97 Å². The Morgan fingerprint density at radius 3 is 2.05 bits per heavy atom. The second kappa shape index (κ2) is 8.10. The summed E-state index contributed by atoms with van der Waals surface area (Å²) in [6, 6.07) is 14.5. The van der Waals surface area contributed by atoms with Crippen LogP contribution in [-0.4, -0.2) is 18.5 Å². The maximum atomic E-state index is 11.7. The van der Waals surface area contributed by atoms with Crippen molar-refractivity contribution in [3.8, 4) is 0 Å². The highest BCUT2D eigenvalue weighted by molar-refractivity contribution is 9.10. The van der Waals surface area contributed by atoms with Crippen molar-refractivity contribution in [1.29, 1.82) is 0 Å². The number of hydrogen-bond donors (Lipinski definition) is 1. The molecule has 0 aliphatic heterocycles. The number of ether oxygens (including phenoxy) is 1. The molecule has 1 N–H and O–H groups in total. The fourth-order valence-corrected chi connectivity index (χ4v) is 2.22. The van der Waals surface area contributed by atoms with E-state index in [-0.39, 0.29) is 18.9 Å². The van der Waals surface area contributed by atoms with E-state index in [1.165, 1.54) is 0 Å². The molecule has 2 aromatic rings. The number of carbonyl (C=O) groups is 2. The predicted molar refractivity (Wildman–Crippen MR) is 91.6 cm³/mol. The van der Waals surface area contributed by atoms with E-state index in [0.717, 1.165) is 14.5 Å². The third-order valence-corrected chi connectivity index (χ3v) is 3.81. The van der Waals surface area contributed by atoms with Crippen LogP contribution in [0.3, 0.4) is 0 Å². The standard InChI is InChI=1S/C16H13Br2NO3/c17-12-3-1-11(2-4-12)9-16(21)22-10-15(20)19-14-7-5-13(18)6-8-14/h1-8H,9-10H2,(H,19,20). The zero-order chi connectivity index (χ0) is 15.9. The van der Waals surface area contributed by atoms with Crippen molar-refractivity contribution in [3.05, 3.63) is 63.0 Å². The third kappa shape index (κ3) is 5.61. The first-order chi connectivity index (χ1) is 10.5. The fourth-order valence-electron chi connectivity index (χ4n) is 1.70. The molecule has 0 aliphatic carbocycles. The zero-order valence-corrected chi connectivity index (χ0v) is 14.7. The topological polar surface area (TPSA) is 55.4 Å². The van der Waals surface area contributed by atoms with Gasteiger partial charge in [-0.05, 0) is 42.0 Å². The van der Waals surface area contributed by atoms with Gasteiger partial charge in [-0.2, -0.15) is 0 Å². The molecule has 0 heterocycles. The van der Waals surface area contributed by atoms with Gasteiger partial charge in [0.2, 0.25) is 0 Å². The number of amides is 1. The normalized spacial score (nSPS) is 10.1. The molecule has 0 saturated carbocycles. The van der Waals surface area contributed by atoms with Crippen molar-refractivity contribution in [2.45, 2.75) is 6.42 Å². The molecule has 0 saturated heterocycles. The first-order valence-corrected chi connectivity index (χ1v) is 8.07.